The average molecular weight is 291 g/mol. The van der Waals surface area contributed by atoms with Crippen LogP contribution in [0.5, 0.6) is 5.88 Å². The zero-order valence-corrected chi connectivity index (χ0v) is 13.3. The molecular weight excluding hydrogens is 270 g/mol. The minimum atomic E-state index is 0.103. The molecule has 20 heavy (non-hydrogen) atoms. The Bertz CT molecular complexity index is 531. The van der Waals surface area contributed by atoms with E-state index in [1.54, 1.807) is 18.4 Å². The molecule has 0 saturated heterocycles. The van der Waals surface area contributed by atoms with Gasteiger partial charge in [0.2, 0.25) is 5.88 Å². The SMILES string of the molecule is CCCNC(c1ccc(OC)nc1)c1nc(C)c(C)s1. The molecule has 2 rings (SSSR count). The highest BCUT2D eigenvalue weighted by Gasteiger charge is 2.18. The Morgan fingerprint density at radius 1 is 1.35 bits per heavy atom. The summed E-state index contributed by atoms with van der Waals surface area (Å²) < 4.78 is 5.11. The van der Waals surface area contributed by atoms with E-state index in [0.29, 0.717) is 5.88 Å². The normalized spacial score (nSPS) is 12.4. The number of aryl methyl sites for hydroxylation is 2. The van der Waals surface area contributed by atoms with E-state index >= 15 is 0 Å². The monoisotopic (exact) mass is 291 g/mol. The maximum atomic E-state index is 5.11. The summed E-state index contributed by atoms with van der Waals surface area (Å²) in [7, 11) is 1.63. The van der Waals surface area contributed by atoms with Gasteiger partial charge in [-0.25, -0.2) is 9.97 Å². The van der Waals surface area contributed by atoms with Gasteiger partial charge in [0, 0.05) is 17.1 Å². The van der Waals surface area contributed by atoms with E-state index in [2.05, 4.69) is 36.1 Å². The minimum absolute atomic E-state index is 0.103. The van der Waals surface area contributed by atoms with Crippen LogP contribution in [0.15, 0.2) is 18.3 Å². The molecule has 108 valence electrons. The number of aromatic nitrogens is 2. The Hall–Kier alpha value is -1.46. The van der Waals surface area contributed by atoms with Gasteiger partial charge in [0.1, 0.15) is 5.01 Å². The lowest BCUT2D eigenvalue weighted by Crippen LogP contribution is -2.23. The molecule has 1 N–H and O–H groups in total. The molecule has 0 aromatic carbocycles. The molecule has 0 spiro atoms. The minimum Gasteiger partial charge on any atom is -0.481 e. The number of ether oxygens (including phenoxy) is 1. The number of hydrogen-bond donors (Lipinski definition) is 1. The second kappa shape index (κ2) is 6.81. The van der Waals surface area contributed by atoms with Crippen LogP contribution in [0.1, 0.15) is 40.5 Å². The van der Waals surface area contributed by atoms with Gasteiger partial charge in [0.25, 0.3) is 0 Å². The number of hydrogen-bond acceptors (Lipinski definition) is 5. The van der Waals surface area contributed by atoms with E-state index in [1.165, 1.54) is 4.88 Å². The van der Waals surface area contributed by atoms with Gasteiger partial charge in [-0.2, -0.15) is 0 Å². The lowest BCUT2D eigenvalue weighted by Gasteiger charge is -2.16. The van der Waals surface area contributed by atoms with Crippen molar-refractivity contribution >= 4 is 11.3 Å². The molecular formula is C15H21N3OS. The van der Waals surface area contributed by atoms with Gasteiger partial charge in [-0.3, -0.25) is 0 Å². The summed E-state index contributed by atoms with van der Waals surface area (Å²) in [4.78, 5) is 10.2. The number of methoxy groups -OCH3 is 1. The van der Waals surface area contributed by atoms with Crippen LogP contribution >= 0.6 is 11.3 Å². The molecule has 4 nitrogen and oxygen atoms in total. The highest BCUT2D eigenvalue weighted by Crippen LogP contribution is 2.28. The molecule has 2 aromatic heterocycles. The van der Waals surface area contributed by atoms with Crippen LogP contribution in [-0.2, 0) is 0 Å². The van der Waals surface area contributed by atoms with E-state index in [-0.39, 0.29) is 6.04 Å². The third kappa shape index (κ3) is 3.35. The quantitative estimate of drug-likeness (QED) is 0.887. The van der Waals surface area contributed by atoms with Crippen molar-refractivity contribution in [2.24, 2.45) is 0 Å². The second-order valence-corrected chi connectivity index (χ2v) is 5.95. The Morgan fingerprint density at radius 3 is 2.65 bits per heavy atom. The average Bonchev–Trinajstić information content (AvgIpc) is 2.79. The van der Waals surface area contributed by atoms with E-state index < -0.39 is 0 Å². The summed E-state index contributed by atoms with van der Waals surface area (Å²) in [6.07, 6.45) is 2.95. The van der Waals surface area contributed by atoms with Gasteiger partial charge >= 0.3 is 0 Å². The lowest BCUT2D eigenvalue weighted by atomic mass is 10.1. The lowest BCUT2D eigenvalue weighted by molar-refractivity contribution is 0.397. The Morgan fingerprint density at radius 2 is 2.15 bits per heavy atom. The van der Waals surface area contributed by atoms with Crippen LogP contribution in [0.4, 0.5) is 0 Å². The fourth-order valence-electron chi connectivity index (χ4n) is 1.94. The number of nitrogens with one attached hydrogen (secondary N) is 1. The number of thiazole rings is 1. The van der Waals surface area contributed by atoms with Crippen molar-refractivity contribution in [2.75, 3.05) is 13.7 Å². The molecule has 0 aliphatic rings. The third-order valence-corrected chi connectivity index (χ3v) is 4.33. The topological polar surface area (TPSA) is 47.0 Å². The van der Waals surface area contributed by atoms with Crippen molar-refractivity contribution in [1.29, 1.82) is 0 Å². The summed E-state index contributed by atoms with van der Waals surface area (Å²) in [5.41, 5.74) is 2.22. The van der Waals surface area contributed by atoms with Crippen molar-refractivity contribution in [3.8, 4) is 5.88 Å². The highest BCUT2D eigenvalue weighted by molar-refractivity contribution is 7.11. The van der Waals surface area contributed by atoms with Gasteiger partial charge in [-0.15, -0.1) is 11.3 Å². The summed E-state index contributed by atoms with van der Waals surface area (Å²) in [6, 6.07) is 4.04. The fourth-order valence-corrected chi connectivity index (χ4v) is 2.97. The summed E-state index contributed by atoms with van der Waals surface area (Å²) in [5.74, 6) is 0.634. The van der Waals surface area contributed by atoms with Crippen LogP contribution in [-0.4, -0.2) is 23.6 Å². The molecule has 0 aliphatic heterocycles. The first-order chi connectivity index (χ1) is 9.65. The van der Waals surface area contributed by atoms with E-state index in [9.17, 15) is 0 Å². The first-order valence-corrected chi connectivity index (χ1v) is 7.64. The van der Waals surface area contributed by atoms with Crippen molar-refractivity contribution < 1.29 is 4.74 Å². The number of pyridine rings is 1. The standard InChI is InChI=1S/C15H21N3OS/c1-5-8-16-14(15-18-10(2)11(3)20-15)12-6-7-13(19-4)17-9-12/h6-7,9,14,16H,5,8H2,1-4H3. The molecule has 2 heterocycles. The van der Waals surface area contributed by atoms with E-state index in [0.717, 1.165) is 29.2 Å². The molecule has 5 heteroatoms. The van der Waals surface area contributed by atoms with Crippen LogP contribution in [0, 0.1) is 13.8 Å². The van der Waals surface area contributed by atoms with Gasteiger partial charge < -0.3 is 10.1 Å². The second-order valence-electron chi connectivity index (χ2n) is 4.71. The number of rotatable bonds is 6. The molecule has 0 radical (unpaired) electrons. The molecule has 0 fully saturated rings. The summed E-state index contributed by atoms with van der Waals surface area (Å²) >= 11 is 1.75. The molecule has 1 unspecified atom stereocenters. The van der Waals surface area contributed by atoms with Crippen LogP contribution < -0.4 is 10.1 Å². The van der Waals surface area contributed by atoms with Crippen molar-refractivity contribution in [2.45, 2.75) is 33.2 Å². The van der Waals surface area contributed by atoms with Gasteiger partial charge in [-0.1, -0.05) is 13.0 Å². The fraction of sp³-hybridized carbons (Fsp3) is 0.467. The highest BCUT2D eigenvalue weighted by atomic mass is 32.1. The van der Waals surface area contributed by atoms with Crippen molar-refractivity contribution in [1.82, 2.24) is 15.3 Å². The van der Waals surface area contributed by atoms with Crippen LogP contribution in [0.2, 0.25) is 0 Å². The largest absolute Gasteiger partial charge is 0.481 e. The van der Waals surface area contributed by atoms with Gasteiger partial charge in [0.05, 0.1) is 18.8 Å². The van der Waals surface area contributed by atoms with Crippen LogP contribution in [0.3, 0.4) is 0 Å². The maximum Gasteiger partial charge on any atom is 0.212 e. The maximum absolute atomic E-state index is 5.11. The van der Waals surface area contributed by atoms with Crippen molar-refractivity contribution in [3.63, 3.8) is 0 Å². The Kier molecular flexibility index (Phi) is 5.09. The Labute approximate surface area is 124 Å². The first-order valence-electron chi connectivity index (χ1n) is 6.83. The molecule has 1 atom stereocenters. The first kappa shape index (κ1) is 14.9. The van der Waals surface area contributed by atoms with Gasteiger partial charge in [-0.05, 0) is 32.4 Å². The van der Waals surface area contributed by atoms with Crippen molar-refractivity contribution in [3.05, 3.63) is 39.5 Å². The predicted octanol–water partition coefficient (Wildman–Crippen LogP) is 3.25. The summed E-state index contributed by atoms with van der Waals surface area (Å²) in [6.45, 7) is 7.28. The van der Waals surface area contributed by atoms with Gasteiger partial charge in [0.15, 0.2) is 0 Å². The molecule has 0 amide bonds. The number of nitrogens with zero attached hydrogens (tertiary/aromatic N) is 2. The zero-order chi connectivity index (χ0) is 14.5. The summed E-state index contributed by atoms with van der Waals surface area (Å²) in [5, 5.41) is 4.64. The zero-order valence-electron chi connectivity index (χ0n) is 12.4. The van der Waals surface area contributed by atoms with Crippen LogP contribution in [0.25, 0.3) is 0 Å². The predicted molar refractivity (Wildman–Crippen MR) is 82.5 cm³/mol. The molecule has 0 bridgehead atoms. The van der Waals surface area contributed by atoms with E-state index in [1.807, 2.05) is 18.3 Å². The molecule has 0 saturated carbocycles. The third-order valence-electron chi connectivity index (χ3n) is 3.19. The molecule has 0 aliphatic carbocycles. The Balaban J connectivity index is 2.30. The van der Waals surface area contributed by atoms with E-state index in [4.69, 9.17) is 4.74 Å². The smallest absolute Gasteiger partial charge is 0.212 e. The molecule has 2 aromatic rings.